The maximum absolute atomic E-state index is 11.7. The molecular weight excluding hydrogens is 256 g/mol. The monoisotopic (exact) mass is 268 g/mol. The number of ether oxygens (including phenoxy) is 1. The molecule has 2 aromatic rings. The van der Waals surface area contributed by atoms with Gasteiger partial charge in [0.15, 0.2) is 0 Å². The van der Waals surface area contributed by atoms with Crippen molar-refractivity contribution in [1.29, 1.82) is 0 Å². The minimum atomic E-state index is -0.502. The third kappa shape index (κ3) is 2.33. The fourth-order valence-electron chi connectivity index (χ4n) is 1.45. The highest BCUT2D eigenvalue weighted by molar-refractivity contribution is 7.07. The fraction of sp³-hybridized carbons (Fsp3) is 0.400. The van der Waals surface area contributed by atoms with Crippen molar-refractivity contribution in [3.05, 3.63) is 32.9 Å². The van der Waals surface area contributed by atoms with Gasteiger partial charge in [-0.1, -0.05) is 11.3 Å². The van der Waals surface area contributed by atoms with Gasteiger partial charge in [-0.25, -0.2) is 9.78 Å². The lowest BCUT2D eigenvalue weighted by atomic mass is 10.4. The number of thiazole rings is 1. The fourth-order valence-corrected chi connectivity index (χ4v) is 2.18. The first kappa shape index (κ1) is 12.5. The van der Waals surface area contributed by atoms with Crippen LogP contribution in [0.25, 0.3) is 0 Å². The number of carbonyl (C=O) groups is 1. The van der Waals surface area contributed by atoms with Gasteiger partial charge < -0.3 is 4.74 Å². The van der Waals surface area contributed by atoms with E-state index in [9.17, 15) is 9.59 Å². The van der Waals surface area contributed by atoms with Crippen molar-refractivity contribution in [2.24, 2.45) is 7.05 Å². The lowest BCUT2D eigenvalue weighted by Gasteiger charge is -2.06. The van der Waals surface area contributed by atoms with Crippen molar-refractivity contribution in [1.82, 2.24) is 19.3 Å². The van der Waals surface area contributed by atoms with Crippen molar-refractivity contribution in [3.63, 3.8) is 0 Å². The molecule has 0 spiro atoms. The molecule has 0 amide bonds. The summed E-state index contributed by atoms with van der Waals surface area (Å²) in [6.07, 6.45) is 1.40. The molecule has 0 aliphatic carbocycles. The number of hydrogen-bond donors (Lipinski definition) is 0. The Balaban J connectivity index is 2.33. The van der Waals surface area contributed by atoms with E-state index in [1.165, 1.54) is 16.3 Å². The smallest absolute Gasteiger partial charge is 0.355 e. The van der Waals surface area contributed by atoms with Crippen molar-refractivity contribution in [3.8, 4) is 0 Å². The minimum absolute atomic E-state index is 0.201. The van der Waals surface area contributed by atoms with E-state index in [2.05, 4.69) is 10.1 Å². The van der Waals surface area contributed by atoms with Gasteiger partial charge in [0.05, 0.1) is 13.2 Å². The van der Waals surface area contributed by atoms with Gasteiger partial charge in [0.1, 0.15) is 17.8 Å². The van der Waals surface area contributed by atoms with E-state index in [0.717, 1.165) is 11.3 Å². The molecule has 96 valence electrons. The average Bonchev–Trinajstić information content (AvgIpc) is 2.89. The van der Waals surface area contributed by atoms with E-state index in [-0.39, 0.29) is 23.7 Å². The van der Waals surface area contributed by atoms with Crippen LogP contribution in [0, 0.1) is 0 Å². The summed E-state index contributed by atoms with van der Waals surface area (Å²) in [6, 6.07) is 0. The summed E-state index contributed by atoms with van der Waals surface area (Å²) in [6.45, 7) is 2.19. The van der Waals surface area contributed by atoms with E-state index in [4.69, 9.17) is 4.74 Å². The standard InChI is InChI=1S/C10H12N4O3S/c1-3-17-9(15)7-5-18-10(16)14(7)4-8-11-6-12-13(8)2/h5-6H,3-4H2,1-2H3. The Hall–Kier alpha value is -1.96. The zero-order valence-electron chi connectivity index (χ0n) is 9.99. The van der Waals surface area contributed by atoms with Crippen LogP contribution < -0.4 is 4.87 Å². The molecule has 8 heteroatoms. The van der Waals surface area contributed by atoms with Gasteiger partial charge in [-0.15, -0.1) is 0 Å². The molecule has 0 atom stereocenters. The van der Waals surface area contributed by atoms with Crippen molar-refractivity contribution in [2.75, 3.05) is 6.61 Å². The Morgan fingerprint density at radius 3 is 2.94 bits per heavy atom. The third-order valence-corrected chi connectivity index (χ3v) is 3.13. The number of nitrogens with zero attached hydrogens (tertiary/aromatic N) is 4. The molecule has 18 heavy (non-hydrogen) atoms. The first-order chi connectivity index (χ1) is 8.63. The molecular formula is C10H12N4O3S. The molecule has 0 unspecified atom stereocenters. The number of hydrogen-bond acceptors (Lipinski definition) is 6. The van der Waals surface area contributed by atoms with Crippen LogP contribution in [-0.2, 0) is 18.3 Å². The van der Waals surface area contributed by atoms with E-state index < -0.39 is 5.97 Å². The second kappa shape index (κ2) is 5.13. The summed E-state index contributed by atoms with van der Waals surface area (Å²) in [5, 5.41) is 5.41. The highest BCUT2D eigenvalue weighted by Crippen LogP contribution is 2.06. The molecule has 7 nitrogen and oxygen atoms in total. The quantitative estimate of drug-likeness (QED) is 0.743. The number of rotatable bonds is 4. The maximum atomic E-state index is 11.7. The normalized spacial score (nSPS) is 10.6. The summed E-state index contributed by atoms with van der Waals surface area (Å²) in [5.41, 5.74) is 0.245. The summed E-state index contributed by atoms with van der Waals surface area (Å²) < 4.78 is 7.79. The van der Waals surface area contributed by atoms with Gasteiger partial charge in [0.25, 0.3) is 0 Å². The molecule has 0 fully saturated rings. The molecule has 0 N–H and O–H groups in total. The second-order valence-corrected chi connectivity index (χ2v) is 4.31. The van der Waals surface area contributed by atoms with Gasteiger partial charge in [-0.05, 0) is 6.92 Å². The summed E-state index contributed by atoms with van der Waals surface area (Å²) >= 11 is 0.962. The van der Waals surface area contributed by atoms with Crippen LogP contribution in [0.2, 0.25) is 0 Å². The van der Waals surface area contributed by atoms with E-state index in [1.54, 1.807) is 18.7 Å². The highest BCUT2D eigenvalue weighted by atomic mass is 32.1. The van der Waals surface area contributed by atoms with Gasteiger partial charge >= 0.3 is 10.8 Å². The zero-order valence-corrected chi connectivity index (χ0v) is 10.8. The lowest BCUT2D eigenvalue weighted by molar-refractivity contribution is 0.0514. The predicted octanol–water partition coefficient (Wildman–Crippen LogP) is 0.263. The van der Waals surface area contributed by atoms with Crippen molar-refractivity contribution < 1.29 is 9.53 Å². The van der Waals surface area contributed by atoms with Crippen LogP contribution in [0.4, 0.5) is 0 Å². The highest BCUT2D eigenvalue weighted by Gasteiger charge is 2.17. The Morgan fingerprint density at radius 2 is 2.33 bits per heavy atom. The maximum Gasteiger partial charge on any atom is 0.355 e. The van der Waals surface area contributed by atoms with Gasteiger partial charge in [0.2, 0.25) is 0 Å². The topological polar surface area (TPSA) is 79.0 Å². The van der Waals surface area contributed by atoms with E-state index in [0.29, 0.717) is 5.82 Å². The molecule has 0 saturated carbocycles. The lowest BCUT2D eigenvalue weighted by Crippen LogP contribution is -2.22. The van der Waals surface area contributed by atoms with Gasteiger partial charge in [-0.2, -0.15) is 5.10 Å². The number of esters is 1. The van der Waals surface area contributed by atoms with Crippen LogP contribution in [0.5, 0.6) is 0 Å². The number of aryl methyl sites for hydroxylation is 1. The third-order valence-electron chi connectivity index (χ3n) is 2.37. The zero-order chi connectivity index (χ0) is 13.1. The predicted molar refractivity (Wildman–Crippen MR) is 64.6 cm³/mol. The Bertz CT molecular complexity index is 613. The number of carbonyl (C=O) groups excluding carboxylic acids is 1. The van der Waals surface area contributed by atoms with Crippen molar-refractivity contribution in [2.45, 2.75) is 13.5 Å². The van der Waals surface area contributed by atoms with Gasteiger partial charge in [0, 0.05) is 12.4 Å². The van der Waals surface area contributed by atoms with Crippen molar-refractivity contribution >= 4 is 17.3 Å². The Labute approximate surface area is 107 Å². The molecule has 0 aliphatic heterocycles. The Kier molecular flexibility index (Phi) is 3.56. The SMILES string of the molecule is CCOC(=O)c1csc(=O)n1Cc1ncnn1C. The van der Waals surface area contributed by atoms with Crippen LogP contribution in [0.15, 0.2) is 16.5 Å². The minimum Gasteiger partial charge on any atom is -0.461 e. The van der Waals surface area contributed by atoms with Crippen LogP contribution >= 0.6 is 11.3 Å². The van der Waals surface area contributed by atoms with Crippen LogP contribution in [-0.4, -0.2) is 31.9 Å². The van der Waals surface area contributed by atoms with Gasteiger partial charge in [-0.3, -0.25) is 14.0 Å². The summed E-state index contributed by atoms with van der Waals surface area (Å²) in [5.74, 6) is 0.0964. The first-order valence-electron chi connectivity index (χ1n) is 5.31. The van der Waals surface area contributed by atoms with E-state index in [1.807, 2.05) is 0 Å². The Morgan fingerprint density at radius 1 is 1.56 bits per heavy atom. The van der Waals surface area contributed by atoms with Crippen LogP contribution in [0.1, 0.15) is 23.2 Å². The second-order valence-electron chi connectivity index (χ2n) is 3.49. The van der Waals surface area contributed by atoms with E-state index >= 15 is 0 Å². The molecule has 0 aliphatic rings. The largest absolute Gasteiger partial charge is 0.461 e. The molecule has 0 radical (unpaired) electrons. The molecule has 2 heterocycles. The molecule has 0 saturated heterocycles. The molecule has 0 aromatic carbocycles. The average molecular weight is 268 g/mol. The molecule has 2 rings (SSSR count). The first-order valence-corrected chi connectivity index (χ1v) is 6.19. The molecule has 2 aromatic heterocycles. The van der Waals surface area contributed by atoms with Crippen LogP contribution in [0.3, 0.4) is 0 Å². The molecule has 0 bridgehead atoms. The number of aromatic nitrogens is 4. The summed E-state index contributed by atoms with van der Waals surface area (Å²) in [4.78, 5) is 27.2. The summed E-state index contributed by atoms with van der Waals surface area (Å²) in [7, 11) is 1.73.